The van der Waals surface area contributed by atoms with Crippen molar-refractivity contribution in [3.63, 3.8) is 0 Å². The second-order valence-electron chi connectivity index (χ2n) is 3.78. The lowest BCUT2D eigenvalue weighted by molar-refractivity contribution is -0.160. The molecule has 0 aromatic heterocycles. The number of likely N-dealkylation sites (N-methyl/N-ethyl adjacent to an activating group) is 1. The largest absolute Gasteiger partial charge is 0.467 e. The molecule has 0 heterocycles. The quantitative estimate of drug-likeness (QED) is 0.573. The molecule has 0 fully saturated rings. The summed E-state index contributed by atoms with van der Waals surface area (Å²) in [4.78, 5) is 24.0. The van der Waals surface area contributed by atoms with Gasteiger partial charge in [-0.25, -0.2) is 4.79 Å². The number of nitrogens with one attached hydrogen (secondary N) is 1. The number of carbonyl (C=O) groups is 2. The van der Waals surface area contributed by atoms with E-state index < -0.39 is 11.6 Å². The standard InChI is InChI=1S/C10H20N2O4/c1-5-12(3)8(13)6-11-7-10(2,15)9(14)16-4/h11,15H,5-7H2,1-4H3. The molecule has 0 saturated carbocycles. The van der Waals surface area contributed by atoms with Gasteiger partial charge in [0.25, 0.3) is 0 Å². The summed E-state index contributed by atoms with van der Waals surface area (Å²) in [5.41, 5.74) is -1.61. The molecular weight excluding hydrogens is 212 g/mol. The van der Waals surface area contributed by atoms with Crippen molar-refractivity contribution in [3.05, 3.63) is 0 Å². The second-order valence-corrected chi connectivity index (χ2v) is 3.78. The summed E-state index contributed by atoms with van der Waals surface area (Å²) in [6, 6.07) is 0. The lowest BCUT2D eigenvalue weighted by atomic mass is 10.1. The van der Waals surface area contributed by atoms with Crippen LogP contribution in [0.5, 0.6) is 0 Å². The van der Waals surface area contributed by atoms with E-state index in [4.69, 9.17) is 0 Å². The monoisotopic (exact) mass is 232 g/mol. The smallest absolute Gasteiger partial charge is 0.338 e. The molecule has 94 valence electrons. The molecule has 16 heavy (non-hydrogen) atoms. The maximum absolute atomic E-state index is 11.4. The number of esters is 1. The van der Waals surface area contributed by atoms with E-state index in [0.29, 0.717) is 6.54 Å². The highest BCUT2D eigenvalue weighted by molar-refractivity contribution is 5.80. The van der Waals surface area contributed by atoms with E-state index in [1.54, 1.807) is 11.9 Å². The van der Waals surface area contributed by atoms with E-state index in [0.717, 1.165) is 0 Å². The van der Waals surface area contributed by atoms with Crippen LogP contribution in [0.25, 0.3) is 0 Å². The van der Waals surface area contributed by atoms with Gasteiger partial charge in [0.2, 0.25) is 5.91 Å². The van der Waals surface area contributed by atoms with Crippen LogP contribution in [0.3, 0.4) is 0 Å². The summed E-state index contributed by atoms with van der Waals surface area (Å²) in [6.45, 7) is 3.87. The Morgan fingerprint density at radius 3 is 2.50 bits per heavy atom. The van der Waals surface area contributed by atoms with Crippen LogP contribution < -0.4 is 5.32 Å². The van der Waals surface area contributed by atoms with Crippen LogP contribution in [0.15, 0.2) is 0 Å². The SMILES string of the molecule is CCN(C)C(=O)CNCC(C)(O)C(=O)OC. The van der Waals surface area contributed by atoms with Crippen LogP contribution in [-0.4, -0.2) is 61.3 Å². The highest BCUT2D eigenvalue weighted by Crippen LogP contribution is 2.03. The minimum Gasteiger partial charge on any atom is -0.467 e. The van der Waals surface area contributed by atoms with Crippen molar-refractivity contribution < 1.29 is 19.4 Å². The number of hydrogen-bond donors (Lipinski definition) is 2. The number of carbonyl (C=O) groups excluding carboxylic acids is 2. The molecule has 0 aromatic carbocycles. The Bertz CT molecular complexity index is 253. The van der Waals surface area contributed by atoms with Gasteiger partial charge in [-0.05, 0) is 13.8 Å². The molecule has 6 nitrogen and oxygen atoms in total. The fourth-order valence-corrected chi connectivity index (χ4v) is 1.02. The van der Waals surface area contributed by atoms with Gasteiger partial charge < -0.3 is 20.1 Å². The van der Waals surface area contributed by atoms with Crippen molar-refractivity contribution in [1.82, 2.24) is 10.2 Å². The molecular formula is C10H20N2O4. The summed E-state index contributed by atoms with van der Waals surface area (Å²) < 4.78 is 4.42. The number of amides is 1. The summed E-state index contributed by atoms with van der Waals surface area (Å²) >= 11 is 0. The van der Waals surface area contributed by atoms with Gasteiger partial charge in [-0.15, -0.1) is 0 Å². The Labute approximate surface area is 95.6 Å². The molecule has 0 aliphatic heterocycles. The number of methoxy groups -OCH3 is 1. The maximum Gasteiger partial charge on any atom is 0.338 e. The molecule has 0 spiro atoms. The van der Waals surface area contributed by atoms with E-state index in [-0.39, 0.29) is 19.0 Å². The van der Waals surface area contributed by atoms with Crippen molar-refractivity contribution in [1.29, 1.82) is 0 Å². The van der Waals surface area contributed by atoms with E-state index in [9.17, 15) is 14.7 Å². The molecule has 0 saturated heterocycles. The van der Waals surface area contributed by atoms with Crippen molar-refractivity contribution in [2.24, 2.45) is 0 Å². The van der Waals surface area contributed by atoms with Gasteiger partial charge in [-0.3, -0.25) is 4.79 Å². The topological polar surface area (TPSA) is 78.9 Å². The van der Waals surface area contributed by atoms with Gasteiger partial charge >= 0.3 is 5.97 Å². The van der Waals surface area contributed by atoms with E-state index in [1.807, 2.05) is 6.92 Å². The number of rotatable bonds is 6. The zero-order valence-corrected chi connectivity index (χ0v) is 10.2. The summed E-state index contributed by atoms with van der Waals surface area (Å²) in [6.07, 6.45) is 0. The summed E-state index contributed by atoms with van der Waals surface area (Å²) in [5.74, 6) is -0.820. The van der Waals surface area contributed by atoms with Crippen LogP contribution in [0.2, 0.25) is 0 Å². The number of nitrogens with zero attached hydrogens (tertiary/aromatic N) is 1. The third-order valence-electron chi connectivity index (χ3n) is 2.27. The molecule has 1 amide bonds. The molecule has 0 aliphatic rings. The maximum atomic E-state index is 11.4. The zero-order valence-electron chi connectivity index (χ0n) is 10.2. The Morgan fingerprint density at radius 1 is 1.50 bits per heavy atom. The van der Waals surface area contributed by atoms with Crippen molar-refractivity contribution in [2.75, 3.05) is 33.8 Å². The van der Waals surface area contributed by atoms with Gasteiger partial charge in [-0.2, -0.15) is 0 Å². The molecule has 0 bridgehead atoms. The molecule has 6 heteroatoms. The molecule has 0 rings (SSSR count). The zero-order chi connectivity index (χ0) is 12.8. The van der Waals surface area contributed by atoms with Gasteiger partial charge in [0.05, 0.1) is 13.7 Å². The average Bonchev–Trinajstić information content (AvgIpc) is 2.26. The minimum absolute atomic E-state index is 0.0248. The summed E-state index contributed by atoms with van der Waals surface area (Å²) in [5, 5.41) is 12.3. The van der Waals surface area contributed by atoms with Crippen LogP contribution >= 0.6 is 0 Å². The predicted octanol–water partition coefficient (Wildman–Crippen LogP) is -1.02. The molecule has 1 unspecified atom stereocenters. The van der Waals surface area contributed by atoms with Crippen LogP contribution in [0, 0.1) is 0 Å². The average molecular weight is 232 g/mol. The van der Waals surface area contributed by atoms with Crippen LogP contribution in [0.4, 0.5) is 0 Å². The predicted molar refractivity (Wildman–Crippen MR) is 58.8 cm³/mol. The third-order valence-corrected chi connectivity index (χ3v) is 2.27. The first-order chi connectivity index (χ1) is 7.35. The van der Waals surface area contributed by atoms with Crippen molar-refractivity contribution >= 4 is 11.9 Å². The lowest BCUT2D eigenvalue weighted by Gasteiger charge is -2.21. The second kappa shape index (κ2) is 6.44. The fraction of sp³-hybridized carbons (Fsp3) is 0.800. The molecule has 0 aromatic rings. The number of aliphatic hydroxyl groups is 1. The Kier molecular flexibility index (Phi) is 5.98. The van der Waals surface area contributed by atoms with Crippen LogP contribution in [-0.2, 0) is 14.3 Å². The van der Waals surface area contributed by atoms with Gasteiger partial charge in [0.15, 0.2) is 5.60 Å². The molecule has 0 radical (unpaired) electrons. The number of ether oxygens (including phenoxy) is 1. The van der Waals surface area contributed by atoms with Crippen LogP contribution in [0.1, 0.15) is 13.8 Å². The third kappa shape index (κ3) is 4.59. The summed E-state index contributed by atoms with van der Waals surface area (Å²) in [7, 11) is 2.88. The van der Waals surface area contributed by atoms with Gasteiger partial charge in [0.1, 0.15) is 0 Å². The number of hydrogen-bond acceptors (Lipinski definition) is 5. The first-order valence-corrected chi connectivity index (χ1v) is 5.10. The first-order valence-electron chi connectivity index (χ1n) is 5.10. The Hall–Kier alpha value is -1.14. The molecule has 1 atom stereocenters. The van der Waals surface area contributed by atoms with Gasteiger partial charge in [0, 0.05) is 20.1 Å². The van der Waals surface area contributed by atoms with Gasteiger partial charge in [-0.1, -0.05) is 0 Å². The molecule has 0 aliphatic carbocycles. The van der Waals surface area contributed by atoms with E-state index in [1.165, 1.54) is 14.0 Å². The highest BCUT2D eigenvalue weighted by atomic mass is 16.5. The van der Waals surface area contributed by atoms with E-state index in [2.05, 4.69) is 10.1 Å². The van der Waals surface area contributed by atoms with E-state index >= 15 is 0 Å². The van der Waals surface area contributed by atoms with Crippen molar-refractivity contribution in [2.45, 2.75) is 19.4 Å². The first kappa shape index (κ1) is 14.9. The minimum atomic E-state index is -1.61. The van der Waals surface area contributed by atoms with Crippen molar-refractivity contribution in [3.8, 4) is 0 Å². The fourth-order valence-electron chi connectivity index (χ4n) is 1.02. The lowest BCUT2D eigenvalue weighted by Crippen LogP contribution is -2.48. The molecule has 2 N–H and O–H groups in total. The Morgan fingerprint density at radius 2 is 2.06 bits per heavy atom. The highest BCUT2D eigenvalue weighted by Gasteiger charge is 2.31. The Balaban J connectivity index is 3.98. The normalized spacial score (nSPS) is 14.1.